The number of ether oxygens (including phenoxy) is 8. The van der Waals surface area contributed by atoms with Crippen LogP contribution in [0.3, 0.4) is 0 Å². The van der Waals surface area contributed by atoms with Crippen LogP contribution in [0.5, 0.6) is 46.0 Å². The fraction of sp³-hybridized carbons (Fsp3) is 0.333. The number of hydrogen-bond donors (Lipinski definition) is 5. The highest BCUT2D eigenvalue weighted by molar-refractivity contribution is 6.18. The van der Waals surface area contributed by atoms with Gasteiger partial charge in [-0.15, -0.1) is 46.4 Å². The van der Waals surface area contributed by atoms with Crippen LogP contribution in [0.2, 0.25) is 0 Å². The van der Waals surface area contributed by atoms with Gasteiger partial charge in [-0.05, 0) is 164 Å². The van der Waals surface area contributed by atoms with Crippen molar-refractivity contribution in [3.8, 4) is 46.0 Å². The summed E-state index contributed by atoms with van der Waals surface area (Å²) in [7, 11) is 0. The number of aliphatic hydroxyl groups is 5. The molecule has 0 aliphatic heterocycles. The smallest absolute Gasteiger partial charge is 0.119 e. The minimum Gasteiger partial charge on any atom is -0.493 e. The van der Waals surface area contributed by atoms with Crippen LogP contribution in [0, 0.1) is 17.8 Å². The van der Waals surface area contributed by atoms with Crippen LogP contribution < -0.4 is 37.9 Å². The average Bonchev–Trinajstić information content (AvgIpc) is 0.864. The Hall–Kier alpha value is -8.20. The van der Waals surface area contributed by atoms with Crippen LogP contribution in [-0.4, -0.2) is 159 Å². The summed E-state index contributed by atoms with van der Waals surface area (Å²) in [6.07, 6.45) is -5.11. The van der Waals surface area contributed by atoms with Gasteiger partial charge in [0.25, 0.3) is 0 Å². The van der Waals surface area contributed by atoms with Crippen molar-refractivity contribution in [2.45, 2.75) is 58.7 Å². The molecule has 0 heterocycles. The maximum Gasteiger partial charge on any atom is 0.119 e. The Morgan fingerprint density at radius 2 is 0.390 bits per heavy atom. The summed E-state index contributed by atoms with van der Waals surface area (Å²) in [5.74, 6) is 8.07. The molecule has 0 amide bonds. The molecule has 0 fully saturated rings. The van der Waals surface area contributed by atoms with Crippen molar-refractivity contribution in [3.05, 3.63) is 265 Å². The summed E-state index contributed by atoms with van der Waals surface area (Å²) in [6, 6.07) is 59.8. The molecule has 0 aliphatic carbocycles. The van der Waals surface area contributed by atoms with Gasteiger partial charge in [0.15, 0.2) is 0 Å². The van der Waals surface area contributed by atoms with Gasteiger partial charge in [0, 0.05) is 35.4 Å². The van der Waals surface area contributed by atoms with Crippen LogP contribution in [0.15, 0.2) is 220 Å². The van der Waals surface area contributed by atoms with E-state index < -0.39 is 57.2 Å². The monoisotopic (exact) mass is 1530 g/mol. The number of hydrogen-bond acceptors (Lipinski definition) is 13. The number of aliphatic hydroxyl groups excluding tert-OH is 5. The van der Waals surface area contributed by atoms with E-state index in [0.29, 0.717) is 84.0 Å². The van der Waals surface area contributed by atoms with Crippen LogP contribution >= 0.6 is 46.4 Å². The van der Waals surface area contributed by atoms with Crippen molar-refractivity contribution in [2.24, 2.45) is 17.8 Å². The Morgan fingerprint density at radius 1 is 0.257 bits per heavy atom. The van der Waals surface area contributed by atoms with E-state index in [9.17, 15) is 43.1 Å². The molecule has 0 aliphatic rings. The predicted molar refractivity (Wildman–Crippen MR) is 419 cm³/mol. The first-order valence-corrected chi connectivity index (χ1v) is 35.8. The highest BCUT2D eigenvalue weighted by Crippen LogP contribution is 2.31. The molecule has 568 valence electrons. The predicted octanol–water partition coefficient (Wildman–Crippen LogP) is 18.2. The summed E-state index contributed by atoms with van der Waals surface area (Å²) < 4.78 is 92.7. The van der Waals surface area contributed by atoms with Crippen molar-refractivity contribution in [1.29, 1.82) is 0 Å². The fourth-order valence-corrected chi connectivity index (χ4v) is 9.08. The first-order chi connectivity index (χ1) is 50.1. The first-order valence-electron chi connectivity index (χ1n) is 33.6. The molecule has 0 unspecified atom stereocenters. The molecule has 0 spiro atoms. The minimum absolute atomic E-state index is 0. The van der Waals surface area contributed by atoms with Gasteiger partial charge in [0.1, 0.15) is 136 Å². The molecule has 0 saturated heterocycles. The minimum atomic E-state index is -1.11. The highest BCUT2D eigenvalue weighted by Gasteiger charge is 2.14. The molecule has 0 saturated carbocycles. The van der Waals surface area contributed by atoms with Gasteiger partial charge in [0.05, 0.1) is 25.7 Å². The molecule has 8 rings (SSSR count). The zero-order valence-corrected chi connectivity index (χ0v) is 61.8. The zero-order valence-electron chi connectivity index (χ0n) is 58.8. The maximum absolute atomic E-state index is 12.2. The lowest BCUT2D eigenvalue weighted by atomic mass is 9.99. The third kappa shape index (κ3) is 33.0. The third-order valence-electron chi connectivity index (χ3n) is 15.1. The molecule has 0 aromatic heterocycles. The van der Waals surface area contributed by atoms with Crippen molar-refractivity contribution in [1.82, 2.24) is 0 Å². The molecule has 0 bridgehead atoms. The molecule has 105 heavy (non-hydrogen) atoms. The van der Waals surface area contributed by atoms with E-state index in [1.165, 1.54) is 0 Å². The van der Waals surface area contributed by atoms with Gasteiger partial charge >= 0.3 is 0 Å². The lowest BCUT2D eigenvalue weighted by Gasteiger charge is -2.12. The largest absolute Gasteiger partial charge is 0.493 e. The molecular formula is C84H98Cl4F4O13. The Balaban J connectivity index is 0.000000295. The number of benzene rings is 8. The van der Waals surface area contributed by atoms with Gasteiger partial charge in [0.2, 0.25) is 0 Å². The second-order valence-electron chi connectivity index (χ2n) is 24.4. The second-order valence-corrected chi connectivity index (χ2v) is 25.7. The van der Waals surface area contributed by atoms with E-state index in [-0.39, 0.29) is 46.3 Å². The van der Waals surface area contributed by atoms with E-state index >= 15 is 0 Å². The summed E-state index contributed by atoms with van der Waals surface area (Å²) in [6.45, 7) is 20.9. The fourth-order valence-electron chi connectivity index (χ4n) is 8.72. The Morgan fingerprint density at radius 3 is 0.514 bits per heavy atom. The van der Waals surface area contributed by atoms with E-state index in [0.717, 1.165) is 84.0 Å². The van der Waals surface area contributed by atoms with Crippen LogP contribution in [-0.2, 0) is 0 Å². The number of halogens is 8. The molecule has 13 nitrogen and oxygen atoms in total. The highest BCUT2D eigenvalue weighted by atomic mass is 35.5. The van der Waals surface area contributed by atoms with Crippen molar-refractivity contribution >= 4 is 68.7 Å². The second kappa shape index (κ2) is 49.6. The maximum atomic E-state index is 12.2. The standard InChI is InChI=1S/3C21H24ClFO3.C20H22ClFO4.CH4/c3*1-15(11-22)13-25-20-7-3-17(4-8-20)16(2)18-5-9-21(10-6-18)26-14-19(24)12-23;1-14(15-2-6-19(7-3-15)25-12-17(23)10-21)16-4-8-20(9-5-16)26-13-18(24)11-22;/h3*3-10,15,19,24H,2,11-14H2,1H3;2-9,17-18,23-24H,1,10-13H2;1H4/t2*15-,19+;15-,19-;17-,18-;/m1001./s1. The van der Waals surface area contributed by atoms with E-state index in [2.05, 4.69) is 26.3 Å². The van der Waals surface area contributed by atoms with Crippen molar-refractivity contribution in [3.63, 3.8) is 0 Å². The van der Waals surface area contributed by atoms with E-state index in [1.54, 1.807) is 60.7 Å². The number of rotatable bonds is 40. The van der Waals surface area contributed by atoms with Gasteiger partial charge in [-0.1, -0.05) is 152 Å². The molecule has 21 heteroatoms. The Bertz CT molecular complexity index is 3000. The first kappa shape index (κ1) is 89.2. The Kier molecular flexibility index (Phi) is 42.1. The topological polar surface area (TPSA) is 175 Å². The molecule has 8 aromatic carbocycles. The van der Waals surface area contributed by atoms with Gasteiger partial charge in [-0.2, -0.15) is 0 Å². The van der Waals surface area contributed by atoms with Crippen molar-refractivity contribution in [2.75, 3.05) is 103 Å². The SMILES string of the molecule is C.C=C(c1ccc(OC[C@@H](C)CCl)cc1)c1ccc(OC[C@@H](O)CF)cc1.C=C(c1ccc(OC[C@@H](C)CCl)cc1)c1ccc(OC[C@H](O)CF)cc1.C=C(c1ccc(OC[C@H](C)CCl)cc1)c1ccc(OC[C@@H](O)CF)cc1.C=C(c1ccc(OC[C@H](O)CF)cc1)c1ccc(OC[C@H](O)CCl)cc1. The molecule has 8 aromatic rings. The summed E-state index contributed by atoms with van der Waals surface area (Å²) in [5, 5.41) is 46.1. The van der Waals surface area contributed by atoms with Crippen LogP contribution in [0.25, 0.3) is 22.3 Å². The molecule has 5 N–H and O–H groups in total. The lowest BCUT2D eigenvalue weighted by molar-refractivity contribution is 0.0842. The lowest BCUT2D eigenvalue weighted by Crippen LogP contribution is -2.19. The van der Waals surface area contributed by atoms with Crippen molar-refractivity contribution < 1.29 is 81.0 Å². The van der Waals surface area contributed by atoms with E-state index in [1.807, 2.05) is 154 Å². The number of alkyl halides is 8. The quantitative estimate of drug-likeness (QED) is 0.0181. The third-order valence-corrected chi connectivity index (χ3v) is 17.1. The van der Waals surface area contributed by atoms with Crippen LogP contribution in [0.1, 0.15) is 72.7 Å². The zero-order chi connectivity index (χ0) is 75.8. The van der Waals surface area contributed by atoms with Crippen LogP contribution in [0.4, 0.5) is 17.6 Å². The summed E-state index contributed by atoms with van der Waals surface area (Å²) in [5.41, 5.74) is 11.1. The normalized spacial score (nSPS) is 13.0. The molecule has 8 atom stereocenters. The van der Waals surface area contributed by atoms with Gasteiger partial charge in [-0.25, -0.2) is 17.6 Å². The Labute approximate surface area is 636 Å². The molecular weight excluding hydrogens is 1430 g/mol. The average molecular weight is 1530 g/mol. The summed E-state index contributed by atoms with van der Waals surface area (Å²) in [4.78, 5) is 0. The van der Waals surface area contributed by atoms with Gasteiger partial charge in [-0.3, -0.25) is 0 Å². The van der Waals surface area contributed by atoms with E-state index in [4.69, 9.17) is 84.3 Å². The van der Waals surface area contributed by atoms with Gasteiger partial charge < -0.3 is 63.4 Å². The summed E-state index contributed by atoms with van der Waals surface area (Å²) >= 11 is 22.9. The molecule has 0 radical (unpaired) electrons.